The number of hydrogen-bond acceptors (Lipinski definition) is 6. The van der Waals surface area contributed by atoms with Crippen LogP contribution in [0.4, 0.5) is 17.6 Å². The lowest BCUT2D eigenvalue weighted by atomic mass is 10.0. The zero-order valence-electron chi connectivity index (χ0n) is 43.9. The van der Waals surface area contributed by atoms with Crippen LogP contribution in [0.15, 0.2) is 158 Å². The van der Waals surface area contributed by atoms with E-state index in [0.717, 1.165) is 71.8 Å². The number of hydrogen-bond donors (Lipinski definition) is 0. The molecule has 0 unspecified atom stereocenters. The SMILES string of the molecule is C1=CCCCC1.C1CCCCC1.C1CCOCC1.C1CCOCC1.C1COCOC1.C1COCOC1.Fc1cccc(F)c1.Fc1ccccc1.Fc1ccccc1.c1ccc2c(c1)CCC2.c1ccccc1. The highest BCUT2D eigenvalue weighted by Gasteiger charge is 2.07. The highest BCUT2D eigenvalue weighted by Crippen LogP contribution is 2.20. The van der Waals surface area contributed by atoms with Gasteiger partial charge in [0, 0.05) is 32.5 Å². The summed E-state index contributed by atoms with van der Waals surface area (Å²) in [5, 5.41) is 0. The first-order valence-electron chi connectivity index (χ1n) is 27.0. The van der Waals surface area contributed by atoms with Crippen LogP contribution in [-0.4, -0.2) is 66.4 Å². The fourth-order valence-electron chi connectivity index (χ4n) is 7.26. The Kier molecular flexibility index (Phi) is 44.9. The molecule has 12 rings (SSSR count). The van der Waals surface area contributed by atoms with Crippen molar-refractivity contribution in [3.8, 4) is 0 Å². The Hall–Kier alpha value is -4.68. The molecule has 4 heterocycles. The van der Waals surface area contributed by atoms with Crippen LogP contribution in [0.25, 0.3) is 0 Å². The Morgan fingerprint density at radius 3 is 0.726 bits per heavy atom. The minimum Gasteiger partial charge on any atom is -0.381 e. The molecule has 404 valence electrons. The van der Waals surface area contributed by atoms with Gasteiger partial charge >= 0.3 is 0 Å². The van der Waals surface area contributed by atoms with Gasteiger partial charge in [0.05, 0.1) is 26.4 Å². The van der Waals surface area contributed by atoms with Crippen LogP contribution in [0.1, 0.15) is 133 Å². The molecule has 73 heavy (non-hydrogen) atoms. The maximum absolute atomic E-state index is 11.9. The Balaban J connectivity index is 0.000000276. The fourth-order valence-corrected chi connectivity index (χ4v) is 7.26. The van der Waals surface area contributed by atoms with Crippen molar-refractivity contribution in [1.29, 1.82) is 0 Å². The molecule has 0 N–H and O–H groups in total. The molecule has 5 aromatic rings. The van der Waals surface area contributed by atoms with Gasteiger partial charge in [-0.05, 0) is 144 Å². The normalized spacial score (nSPS) is 16.9. The minimum atomic E-state index is -0.537. The summed E-state index contributed by atoms with van der Waals surface area (Å²) in [6.07, 6.45) is 32.9. The summed E-state index contributed by atoms with van der Waals surface area (Å²) in [7, 11) is 0. The number of rotatable bonds is 0. The Bertz CT molecular complexity index is 1650. The first kappa shape index (κ1) is 64.4. The third-order valence-corrected chi connectivity index (χ3v) is 11.2. The van der Waals surface area contributed by atoms with Crippen molar-refractivity contribution in [2.24, 2.45) is 0 Å². The van der Waals surface area contributed by atoms with Gasteiger partial charge in [0.1, 0.15) is 36.9 Å². The fraction of sp³-hybridized carbons (Fsp3) is 0.492. The van der Waals surface area contributed by atoms with Gasteiger partial charge in [-0.1, -0.05) is 154 Å². The van der Waals surface area contributed by atoms with E-state index in [-0.39, 0.29) is 11.6 Å². The summed E-state index contributed by atoms with van der Waals surface area (Å²) in [6.45, 7) is 8.50. The van der Waals surface area contributed by atoms with E-state index >= 15 is 0 Å². The maximum Gasteiger partial charge on any atom is 0.146 e. The Labute approximate surface area is 437 Å². The molecule has 5 aromatic carbocycles. The topological polar surface area (TPSA) is 55.4 Å². The second-order valence-electron chi connectivity index (χ2n) is 17.6. The molecule has 3 aliphatic carbocycles. The summed E-state index contributed by atoms with van der Waals surface area (Å²) in [5.41, 5.74) is 3.13. The minimum absolute atomic E-state index is 0.178. The van der Waals surface area contributed by atoms with Crippen LogP contribution >= 0.6 is 0 Å². The van der Waals surface area contributed by atoms with Crippen molar-refractivity contribution in [2.45, 2.75) is 135 Å². The molecular formula is C63H88F4O6. The van der Waals surface area contributed by atoms with Gasteiger partial charge < -0.3 is 28.4 Å². The van der Waals surface area contributed by atoms with Gasteiger partial charge in [-0.2, -0.15) is 0 Å². The predicted molar refractivity (Wildman–Crippen MR) is 291 cm³/mol. The standard InChI is InChI=1S/C9H10.C6H4F2.2C6H5F.C6H12.C6H10.C6H6.2C5H10O.2C4H8O2/c1-2-5-9-7-3-6-8(9)4-1;7-5-2-1-3-6(8)4-5;2*7-6-4-2-1-3-5-6;5*1-2-4-6-5-3-1;2*1-2-5-4-6-3-1/h1-2,4-5H,3,6-7H2;1-4H;2*1-5H;1-6H2;1-2H,3-6H2;1-6H;2*1-5H2;2*1-4H2. The van der Waals surface area contributed by atoms with Crippen LogP contribution in [0.2, 0.25) is 0 Å². The summed E-state index contributed by atoms with van der Waals surface area (Å²) < 4.78 is 77.2. The lowest BCUT2D eigenvalue weighted by Crippen LogP contribution is -2.11. The molecular weight excluding hydrogens is 929 g/mol. The van der Waals surface area contributed by atoms with E-state index in [1.807, 2.05) is 36.4 Å². The van der Waals surface area contributed by atoms with Gasteiger partial charge in [0.2, 0.25) is 0 Å². The van der Waals surface area contributed by atoms with E-state index in [2.05, 4.69) is 36.4 Å². The molecule has 4 saturated heterocycles. The number of ether oxygens (including phenoxy) is 6. The molecule has 0 radical (unpaired) electrons. The quantitative estimate of drug-likeness (QED) is 0.114. The van der Waals surface area contributed by atoms with E-state index in [0.29, 0.717) is 13.6 Å². The van der Waals surface area contributed by atoms with Gasteiger partial charge in [-0.3, -0.25) is 0 Å². The first-order chi connectivity index (χ1) is 36.0. The van der Waals surface area contributed by atoms with Crippen molar-refractivity contribution >= 4 is 0 Å². The van der Waals surface area contributed by atoms with Gasteiger partial charge in [0.25, 0.3) is 0 Å². The molecule has 0 bridgehead atoms. The zero-order valence-corrected chi connectivity index (χ0v) is 43.9. The van der Waals surface area contributed by atoms with Crippen LogP contribution < -0.4 is 0 Å². The molecule has 1 saturated carbocycles. The van der Waals surface area contributed by atoms with E-state index < -0.39 is 11.6 Å². The number of fused-ring (bicyclic) bond motifs is 1. The maximum atomic E-state index is 11.9. The third kappa shape index (κ3) is 44.5. The van der Waals surface area contributed by atoms with E-state index in [9.17, 15) is 17.6 Å². The van der Waals surface area contributed by atoms with Gasteiger partial charge in [-0.15, -0.1) is 0 Å². The monoisotopic (exact) mass is 1020 g/mol. The van der Waals surface area contributed by atoms with Crippen LogP contribution in [-0.2, 0) is 41.3 Å². The molecule has 5 fully saturated rings. The molecule has 7 aliphatic rings. The van der Waals surface area contributed by atoms with Crippen molar-refractivity contribution in [3.05, 3.63) is 192 Å². The zero-order chi connectivity index (χ0) is 52.0. The molecule has 0 amide bonds. The smallest absolute Gasteiger partial charge is 0.146 e. The molecule has 10 heteroatoms. The second-order valence-corrected chi connectivity index (χ2v) is 17.6. The average molecular weight is 1020 g/mol. The Morgan fingerprint density at radius 2 is 0.534 bits per heavy atom. The van der Waals surface area contributed by atoms with Gasteiger partial charge in [0.15, 0.2) is 0 Å². The van der Waals surface area contributed by atoms with E-state index in [4.69, 9.17) is 28.4 Å². The van der Waals surface area contributed by atoms with Crippen molar-refractivity contribution in [2.75, 3.05) is 66.4 Å². The van der Waals surface area contributed by atoms with Crippen LogP contribution in [0, 0.1) is 23.3 Å². The van der Waals surface area contributed by atoms with Crippen molar-refractivity contribution in [1.82, 2.24) is 0 Å². The highest BCUT2D eigenvalue weighted by atomic mass is 19.1. The molecule has 6 nitrogen and oxygen atoms in total. The number of aryl methyl sites for hydroxylation is 2. The van der Waals surface area contributed by atoms with Crippen LogP contribution in [0.5, 0.6) is 0 Å². The lowest BCUT2D eigenvalue weighted by Gasteiger charge is -2.09. The summed E-state index contributed by atoms with van der Waals surface area (Å²) in [5.74, 6) is -1.43. The predicted octanol–water partition coefficient (Wildman–Crippen LogP) is 17.1. The highest BCUT2D eigenvalue weighted by molar-refractivity contribution is 5.30. The number of allylic oxidation sites excluding steroid dienone is 2. The number of halogens is 4. The first-order valence-corrected chi connectivity index (χ1v) is 27.0. The lowest BCUT2D eigenvalue weighted by molar-refractivity contribution is -0.0965. The molecule has 0 aromatic heterocycles. The Morgan fingerprint density at radius 1 is 0.247 bits per heavy atom. The summed E-state index contributed by atoms with van der Waals surface area (Å²) in [4.78, 5) is 0. The molecule has 0 spiro atoms. The van der Waals surface area contributed by atoms with Crippen LogP contribution in [0.3, 0.4) is 0 Å². The second kappa shape index (κ2) is 50.8. The third-order valence-electron chi connectivity index (χ3n) is 11.2. The largest absolute Gasteiger partial charge is 0.381 e. The number of benzene rings is 5. The summed E-state index contributed by atoms with van der Waals surface area (Å²) >= 11 is 0. The summed E-state index contributed by atoms with van der Waals surface area (Å²) in [6, 6.07) is 41.2. The molecule has 0 atom stereocenters. The van der Waals surface area contributed by atoms with E-state index in [1.54, 1.807) is 47.5 Å². The van der Waals surface area contributed by atoms with Crippen molar-refractivity contribution < 1.29 is 46.0 Å². The van der Waals surface area contributed by atoms with E-state index in [1.165, 1.54) is 164 Å². The van der Waals surface area contributed by atoms with Gasteiger partial charge in [-0.25, -0.2) is 17.6 Å². The van der Waals surface area contributed by atoms with Crippen molar-refractivity contribution in [3.63, 3.8) is 0 Å². The average Bonchev–Trinajstić information content (AvgIpc) is 3.98. The molecule has 4 aliphatic heterocycles.